The van der Waals surface area contributed by atoms with Gasteiger partial charge in [-0.15, -0.1) is 0 Å². The highest BCUT2D eigenvalue weighted by atomic mass is 32.2. The Balaban J connectivity index is 1.54. The molecule has 1 amide bonds. The van der Waals surface area contributed by atoms with Gasteiger partial charge in [0.15, 0.2) is 11.5 Å². The van der Waals surface area contributed by atoms with Crippen LogP contribution in [-0.4, -0.2) is 29.1 Å². The van der Waals surface area contributed by atoms with Gasteiger partial charge in [-0.25, -0.2) is 26.9 Å². The lowest BCUT2D eigenvalue weighted by molar-refractivity contribution is 0.102. The molecule has 10 heteroatoms. The molecule has 0 aliphatic rings. The molecule has 5 aromatic carbocycles. The molecule has 7 aromatic rings. The topological polar surface area (TPSA) is 93.9 Å². The molecule has 0 atom stereocenters. The number of carbonyl (C=O) groups excluding carboxylic acids is 1. The number of nitrogens with zero attached hydrogens (tertiary/aromatic N) is 3. The Morgan fingerprint density at radius 1 is 0.646 bits per heavy atom. The van der Waals surface area contributed by atoms with Gasteiger partial charge < -0.3 is 5.32 Å². The summed E-state index contributed by atoms with van der Waals surface area (Å²) in [6.07, 6.45) is 1.21. The Morgan fingerprint density at radius 3 is 1.75 bits per heavy atom. The van der Waals surface area contributed by atoms with Crippen LogP contribution in [0.3, 0.4) is 0 Å². The van der Waals surface area contributed by atoms with E-state index in [9.17, 15) is 22.0 Å². The smallest absolute Gasteiger partial charge is 0.256 e. The van der Waals surface area contributed by atoms with Crippen molar-refractivity contribution in [3.05, 3.63) is 186 Å². The van der Waals surface area contributed by atoms with Crippen molar-refractivity contribution in [2.75, 3.05) is 5.32 Å². The zero-order valence-electron chi connectivity index (χ0n) is 25.2. The third kappa shape index (κ3) is 5.31. The van der Waals surface area contributed by atoms with Crippen molar-refractivity contribution >= 4 is 32.6 Å². The van der Waals surface area contributed by atoms with Gasteiger partial charge in [0.25, 0.3) is 5.91 Å². The molecule has 2 aromatic heterocycles. The first-order valence-corrected chi connectivity index (χ1v) is 16.4. The summed E-state index contributed by atoms with van der Waals surface area (Å²) in [7, 11) is -4.23. The average molecular weight is 657 g/mol. The van der Waals surface area contributed by atoms with E-state index in [-0.39, 0.29) is 32.2 Å². The lowest BCUT2D eigenvalue weighted by Crippen LogP contribution is -2.38. The van der Waals surface area contributed by atoms with Crippen LogP contribution in [0.1, 0.15) is 27.0 Å². The quantitative estimate of drug-likeness (QED) is 0.170. The summed E-state index contributed by atoms with van der Waals surface area (Å²) >= 11 is 0. The van der Waals surface area contributed by atoms with E-state index in [0.29, 0.717) is 0 Å². The molecule has 0 unspecified atom stereocenters. The molecule has 1 N–H and O–H groups in total. The van der Waals surface area contributed by atoms with Crippen LogP contribution in [0.4, 0.5) is 14.6 Å². The fourth-order valence-electron chi connectivity index (χ4n) is 5.91. The van der Waals surface area contributed by atoms with Crippen molar-refractivity contribution in [2.24, 2.45) is 0 Å². The van der Waals surface area contributed by atoms with Crippen molar-refractivity contribution < 1.29 is 22.0 Å². The molecule has 0 aliphatic heterocycles. The van der Waals surface area contributed by atoms with Crippen LogP contribution in [0, 0.1) is 11.6 Å². The standard InChI is InChI=1S/C38H26F2N4O3S/c39-30-21-19-26(20-22-30)37(45)42-35-34-24-33(48(46,47)32-18-10-17-31(40)23-32)25-41-36(34)44(43-35)38(27-11-4-1-5-12-27,28-13-6-2-7-14-28)29-15-8-3-9-16-29/h1-25H,(H,42,43,45). The number of benzene rings is 5. The van der Waals surface area contributed by atoms with Crippen LogP contribution in [0.5, 0.6) is 0 Å². The molecule has 0 radical (unpaired) electrons. The third-order valence-corrected chi connectivity index (χ3v) is 9.86. The maximum absolute atomic E-state index is 14.1. The normalized spacial score (nSPS) is 11.8. The summed E-state index contributed by atoms with van der Waals surface area (Å²) in [6.45, 7) is 0. The number of sulfone groups is 1. The molecule has 0 bridgehead atoms. The highest BCUT2D eigenvalue weighted by molar-refractivity contribution is 7.91. The van der Waals surface area contributed by atoms with E-state index in [4.69, 9.17) is 5.10 Å². The molecule has 0 spiro atoms. The number of fused-ring (bicyclic) bond motifs is 1. The number of amides is 1. The van der Waals surface area contributed by atoms with Gasteiger partial charge in [0.2, 0.25) is 9.84 Å². The van der Waals surface area contributed by atoms with Gasteiger partial charge in [-0.2, -0.15) is 5.10 Å². The summed E-state index contributed by atoms with van der Waals surface area (Å²) in [4.78, 5) is 17.7. The minimum atomic E-state index is -4.23. The van der Waals surface area contributed by atoms with Gasteiger partial charge in [0.05, 0.1) is 15.2 Å². The summed E-state index contributed by atoms with van der Waals surface area (Å²) in [5.41, 5.74) is 1.73. The first-order chi connectivity index (χ1) is 23.3. The minimum Gasteiger partial charge on any atom is -0.304 e. The van der Waals surface area contributed by atoms with Crippen LogP contribution >= 0.6 is 0 Å². The highest BCUT2D eigenvalue weighted by Crippen LogP contribution is 2.43. The number of hydrogen-bond acceptors (Lipinski definition) is 5. The van der Waals surface area contributed by atoms with Gasteiger partial charge >= 0.3 is 0 Å². The first-order valence-electron chi connectivity index (χ1n) is 14.9. The number of hydrogen-bond donors (Lipinski definition) is 1. The fraction of sp³-hybridized carbons (Fsp3) is 0.0263. The van der Waals surface area contributed by atoms with Gasteiger partial charge in [-0.3, -0.25) is 4.79 Å². The Bertz CT molecular complexity index is 2270. The SMILES string of the molecule is O=C(Nc1nn(C(c2ccccc2)(c2ccccc2)c2ccccc2)c2ncc(S(=O)(=O)c3cccc(F)c3)cc12)c1ccc(F)cc1. The van der Waals surface area contributed by atoms with Crippen molar-refractivity contribution in [1.29, 1.82) is 0 Å². The second-order valence-electron chi connectivity index (χ2n) is 11.0. The largest absolute Gasteiger partial charge is 0.304 e. The van der Waals surface area contributed by atoms with Crippen molar-refractivity contribution in [1.82, 2.24) is 14.8 Å². The van der Waals surface area contributed by atoms with E-state index in [1.165, 1.54) is 48.7 Å². The van der Waals surface area contributed by atoms with Gasteiger partial charge in [0.1, 0.15) is 17.2 Å². The van der Waals surface area contributed by atoms with E-state index in [1.807, 2.05) is 91.0 Å². The Kier molecular flexibility index (Phi) is 7.86. The lowest BCUT2D eigenvalue weighted by Gasteiger charge is -2.36. The monoisotopic (exact) mass is 656 g/mol. The highest BCUT2D eigenvalue weighted by Gasteiger charge is 2.41. The van der Waals surface area contributed by atoms with E-state index < -0.39 is 32.9 Å². The Hall–Kier alpha value is -6.00. The molecular formula is C38H26F2N4O3S. The van der Waals surface area contributed by atoms with Crippen LogP contribution in [0.2, 0.25) is 0 Å². The van der Waals surface area contributed by atoms with Crippen LogP contribution in [0.25, 0.3) is 11.0 Å². The summed E-state index contributed by atoms with van der Waals surface area (Å²) in [5, 5.41) is 8.00. The number of carbonyl (C=O) groups is 1. The number of rotatable bonds is 8. The predicted molar refractivity (Wildman–Crippen MR) is 178 cm³/mol. The second-order valence-corrected chi connectivity index (χ2v) is 13.0. The van der Waals surface area contributed by atoms with E-state index >= 15 is 0 Å². The summed E-state index contributed by atoms with van der Waals surface area (Å²) in [6, 6.07) is 40.1. The lowest BCUT2D eigenvalue weighted by atomic mass is 9.77. The van der Waals surface area contributed by atoms with Gasteiger partial charge in [-0.1, -0.05) is 97.1 Å². The molecule has 0 saturated heterocycles. The van der Waals surface area contributed by atoms with Crippen molar-refractivity contribution in [3.8, 4) is 0 Å². The fourth-order valence-corrected chi connectivity index (χ4v) is 7.17. The molecule has 0 aliphatic carbocycles. The third-order valence-electron chi connectivity index (χ3n) is 8.14. The maximum atomic E-state index is 14.1. The van der Waals surface area contributed by atoms with E-state index in [1.54, 1.807) is 4.68 Å². The first kappa shape index (κ1) is 30.6. The number of nitrogens with one attached hydrogen (secondary N) is 1. The van der Waals surface area contributed by atoms with E-state index in [2.05, 4.69) is 10.3 Å². The molecule has 0 saturated carbocycles. The molecule has 2 heterocycles. The Morgan fingerprint density at radius 2 is 1.21 bits per heavy atom. The Labute approximate surface area is 275 Å². The summed E-state index contributed by atoms with van der Waals surface area (Å²) in [5.74, 6) is -1.78. The molecular weight excluding hydrogens is 631 g/mol. The maximum Gasteiger partial charge on any atom is 0.256 e. The van der Waals surface area contributed by atoms with Crippen LogP contribution in [-0.2, 0) is 15.4 Å². The summed E-state index contributed by atoms with van der Waals surface area (Å²) < 4.78 is 56.9. The van der Waals surface area contributed by atoms with Crippen LogP contribution < -0.4 is 5.32 Å². The number of pyridine rings is 1. The molecule has 0 fully saturated rings. The van der Waals surface area contributed by atoms with E-state index in [0.717, 1.165) is 28.8 Å². The van der Waals surface area contributed by atoms with Crippen molar-refractivity contribution in [2.45, 2.75) is 15.3 Å². The zero-order chi connectivity index (χ0) is 33.3. The molecule has 7 nitrogen and oxygen atoms in total. The van der Waals surface area contributed by atoms with Gasteiger partial charge in [0, 0.05) is 11.8 Å². The molecule has 7 rings (SSSR count). The number of halogens is 2. The second kappa shape index (κ2) is 12.3. The van der Waals surface area contributed by atoms with Gasteiger partial charge in [-0.05, 0) is 65.2 Å². The zero-order valence-corrected chi connectivity index (χ0v) is 26.0. The number of aromatic nitrogens is 3. The van der Waals surface area contributed by atoms with Crippen molar-refractivity contribution in [3.63, 3.8) is 0 Å². The minimum absolute atomic E-state index is 0.0234. The average Bonchev–Trinajstić information content (AvgIpc) is 3.47. The molecule has 48 heavy (non-hydrogen) atoms. The number of anilines is 1. The predicted octanol–water partition coefficient (Wildman–Crippen LogP) is 7.63. The molecule has 236 valence electrons. The van der Waals surface area contributed by atoms with Crippen LogP contribution in [0.15, 0.2) is 162 Å².